The van der Waals surface area contributed by atoms with Gasteiger partial charge in [0, 0.05) is 37.9 Å². The maximum Gasteiger partial charge on any atom is 0.257 e. The highest BCUT2D eigenvalue weighted by atomic mass is 16.5. The van der Waals surface area contributed by atoms with E-state index < -0.39 is 0 Å². The predicted molar refractivity (Wildman–Crippen MR) is 158 cm³/mol. The second-order valence-corrected chi connectivity index (χ2v) is 9.95. The summed E-state index contributed by atoms with van der Waals surface area (Å²) in [5, 5.41) is 4.86. The maximum atomic E-state index is 14.0. The highest BCUT2D eigenvalue weighted by Crippen LogP contribution is 2.31. The van der Waals surface area contributed by atoms with Crippen LogP contribution in [0.2, 0.25) is 0 Å². The van der Waals surface area contributed by atoms with Gasteiger partial charge in [0.2, 0.25) is 0 Å². The fraction of sp³-hybridized carbons (Fsp3) is 0.176. The molecule has 0 bridgehead atoms. The number of piperazine rings is 1. The normalized spacial score (nSPS) is 13.9. The van der Waals surface area contributed by atoms with Gasteiger partial charge in [-0.1, -0.05) is 78.9 Å². The van der Waals surface area contributed by atoms with Crippen molar-refractivity contribution in [3.8, 4) is 22.7 Å². The summed E-state index contributed by atoms with van der Waals surface area (Å²) in [4.78, 5) is 18.4. The van der Waals surface area contributed by atoms with Crippen LogP contribution in [0.25, 0.3) is 16.9 Å². The highest BCUT2D eigenvalue weighted by Gasteiger charge is 2.30. The minimum atomic E-state index is 0.00335. The van der Waals surface area contributed by atoms with Crippen molar-refractivity contribution in [2.45, 2.75) is 6.04 Å². The molecule has 0 radical (unpaired) electrons. The van der Waals surface area contributed by atoms with Crippen LogP contribution in [0.15, 0.2) is 121 Å². The van der Waals surface area contributed by atoms with E-state index >= 15 is 0 Å². The monoisotopic (exact) mass is 528 g/mol. The maximum absolute atomic E-state index is 14.0. The number of methoxy groups -OCH3 is 1. The Labute approximate surface area is 235 Å². The van der Waals surface area contributed by atoms with Crippen molar-refractivity contribution < 1.29 is 9.53 Å². The zero-order valence-corrected chi connectivity index (χ0v) is 22.6. The summed E-state index contributed by atoms with van der Waals surface area (Å²) >= 11 is 0. The molecule has 0 N–H and O–H groups in total. The average Bonchev–Trinajstić information content (AvgIpc) is 3.48. The summed E-state index contributed by atoms with van der Waals surface area (Å²) in [5.41, 5.74) is 5.59. The molecular formula is C34H32N4O2. The molecule has 6 nitrogen and oxygen atoms in total. The SMILES string of the molecule is COc1ccc(-c2nn(-c3ccccc3)cc2C(=O)N2CCN(C(c3ccccc3)c3ccccc3)CC2)cc1. The van der Waals surface area contributed by atoms with E-state index in [0.29, 0.717) is 24.3 Å². The molecule has 1 saturated heterocycles. The van der Waals surface area contributed by atoms with Crippen LogP contribution in [0.1, 0.15) is 27.5 Å². The van der Waals surface area contributed by atoms with Crippen LogP contribution in [0.3, 0.4) is 0 Å². The number of hydrogen-bond donors (Lipinski definition) is 0. The van der Waals surface area contributed by atoms with Crippen LogP contribution in [0.5, 0.6) is 5.75 Å². The fourth-order valence-corrected chi connectivity index (χ4v) is 5.44. The van der Waals surface area contributed by atoms with Crippen molar-refractivity contribution in [1.29, 1.82) is 0 Å². The van der Waals surface area contributed by atoms with Gasteiger partial charge in [-0.2, -0.15) is 5.10 Å². The largest absolute Gasteiger partial charge is 0.497 e. The van der Waals surface area contributed by atoms with Crippen molar-refractivity contribution in [3.63, 3.8) is 0 Å². The van der Waals surface area contributed by atoms with Crippen molar-refractivity contribution in [2.24, 2.45) is 0 Å². The van der Waals surface area contributed by atoms with Crippen molar-refractivity contribution in [3.05, 3.63) is 138 Å². The van der Waals surface area contributed by atoms with Gasteiger partial charge in [-0.15, -0.1) is 0 Å². The lowest BCUT2D eigenvalue weighted by Gasteiger charge is -2.39. The van der Waals surface area contributed by atoms with Crippen molar-refractivity contribution >= 4 is 5.91 Å². The summed E-state index contributed by atoms with van der Waals surface area (Å²) in [7, 11) is 1.65. The lowest BCUT2D eigenvalue weighted by molar-refractivity contribution is 0.0598. The molecule has 5 aromatic rings. The second-order valence-electron chi connectivity index (χ2n) is 9.95. The lowest BCUT2D eigenvalue weighted by Crippen LogP contribution is -2.49. The van der Waals surface area contributed by atoms with E-state index in [-0.39, 0.29) is 11.9 Å². The van der Waals surface area contributed by atoms with E-state index in [2.05, 4.69) is 65.6 Å². The van der Waals surface area contributed by atoms with Crippen LogP contribution < -0.4 is 4.74 Å². The average molecular weight is 529 g/mol. The molecule has 6 rings (SSSR count). The summed E-state index contributed by atoms with van der Waals surface area (Å²) in [6, 6.07) is 39.0. The van der Waals surface area contributed by atoms with Crippen LogP contribution in [0.4, 0.5) is 0 Å². The van der Waals surface area contributed by atoms with Crippen LogP contribution >= 0.6 is 0 Å². The van der Waals surface area contributed by atoms with Gasteiger partial charge < -0.3 is 9.64 Å². The molecule has 1 aliphatic rings. The smallest absolute Gasteiger partial charge is 0.257 e. The number of ether oxygens (including phenoxy) is 1. The van der Waals surface area contributed by atoms with Gasteiger partial charge in [0.05, 0.1) is 24.4 Å². The van der Waals surface area contributed by atoms with Crippen molar-refractivity contribution in [1.82, 2.24) is 19.6 Å². The fourth-order valence-electron chi connectivity index (χ4n) is 5.44. The summed E-state index contributed by atoms with van der Waals surface area (Å²) in [6.07, 6.45) is 1.86. The van der Waals surface area contributed by atoms with Crippen LogP contribution in [-0.4, -0.2) is 58.8 Å². The number of carbonyl (C=O) groups is 1. The minimum absolute atomic E-state index is 0.00335. The Kier molecular flexibility index (Phi) is 7.42. The van der Waals surface area contributed by atoms with Gasteiger partial charge in [-0.25, -0.2) is 4.68 Å². The first kappa shape index (κ1) is 25.6. The molecule has 6 heteroatoms. The van der Waals surface area contributed by atoms with E-state index in [1.807, 2.05) is 65.7 Å². The molecule has 0 unspecified atom stereocenters. The lowest BCUT2D eigenvalue weighted by atomic mass is 9.96. The molecule has 0 atom stereocenters. The van der Waals surface area contributed by atoms with E-state index in [1.165, 1.54) is 11.1 Å². The molecule has 40 heavy (non-hydrogen) atoms. The molecule has 2 heterocycles. The Morgan fingerprint density at radius 2 is 1.27 bits per heavy atom. The first-order valence-electron chi connectivity index (χ1n) is 13.6. The molecule has 4 aromatic carbocycles. The second kappa shape index (κ2) is 11.6. The number of amides is 1. The molecule has 200 valence electrons. The first-order valence-corrected chi connectivity index (χ1v) is 13.6. The number of para-hydroxylation sites is 1. The number of rotatable bonds is 7. The zero-order chi connectivity index (χ0) is 27.3. The van der Waals surface area contributed by atoms with Gasteiger partial charge in [0.25, 0.3) is 5.91 Å². The quantitative estimate of drug-likeness (QED) is 0.256. The van der Waals surface area contributed by atoms with Crippen molar-refractivity contribution in [2.75, 3.05) is 33.3 Å². The van der Waals surface area contributed by atoms with Crippen LogP contribution in [0, 0.1) is 0 Å². The number of hydrogen-bond acceptors (Lipinski definition) is 4. The number of aromatic nitrogens is 2. The van der Waals surface area contributed by atoms with Gasteiger partial charge in [-0.05, 0) is 47.5 Å². The first-order chi connectivity index (χ1) is 19.7. The minimum Gasteiger partial charge on any atom is -0.497 e. The number of carbonyl (C=O) groups excluding carboxylic acids is 1. The van der Waals surface area contributed by atoms with E-state index in [4.69, 9.17) is 9.84 Å². The topological polar surface area (TPSA) is 50.6 Å². The van der Waals surface area contributed by atoms with E-state index in [0.717, 1.165) is 30.1 Å². The molecule has 0 aliphatic carbocycles. The van der Waals surface area contributed by atoms with E-state index in [9.17, 15) is 4.79 Å². The Bertz CT molecular complexity index is 1500. The van der Waals surface area contributed by atoms with Gasteiger partial charge >= 0.3 is 0 Å². The Morgan fingerprint density at radius 1 is 0.725 bits per heavy atom. The van der Waals surface area contributed by atoms with Gasteiger partial charge in [0.1, 0.15) is 11.4 Å². The summed E-state index contributed by atoms with van der Waals surface area (Å²) in [5.74, 6) is 0.769. The van der Waals surface area contributed by atoms with Crippen LogP contribution in [-0.2, 0) is 0 Å². The Balaban J connectivity index is 1.27. The number of benzene rings is 4. The third-order valence-corrected chi connectivity index (χ3v) is 7.53. The number of nitrogens with zero attached hydrogens (tertiary/aromatic N) is 4. The molecule has 0 saturated carbocycles. The van der Waals surface area contributed by atoms with E-state index in [1.54, 1.807) is 11.8 Å². The molecule has 1 aromatic heterocycles. The standard InChI is InChI=1S/C34H32N4O2/c1-40-30-19-17-26(18-20-30)32-31(25-38(35-32)29-15-9-4-10-16-29)34(39)37-23-21-36(22-24-37)33(27-11-5-2-6-12-27)28-13-7-3-8-14-28/h2-20,25,33H,21-24H2,1H3. The molecule has 1 amide bonds. The Morgan fingerprint density at radius 3 is 1.82 bits per heavy atom. The highest BCUT2D eigenvalue weighted by molar-refractivity contribution is 6.00. The summed E-state index contributed by atoms with van der Waals surface area (Å²) < 4.78 is 7.14. The van der Waals surface area contributed by atoms with Gasteiger partial charge in [0.15, 0.2) is 0 Å². The zero-order valence-electron chi connectivity index (χ0n) is 22.6. The molecule has 0 spiro atoms. The predicted octanol–water partition coefficient (Wildman–Crippen LogP) is 6.10. The molecule has 1 fully saturated rings. The van der Waals surface area contributed by atoms with Gasteiger partial charge in [-0.3, -0.25) is 9.69 Å². The summed E-state index contributed by atoms with van der Waals surface area (Å²) in [6.45, 7) is 2.86. The third-order valence-electron chi connectivity index (χ3n) is 7.53. The molecular weight excluding hydrogens is 496 g/mol. The Hall–Kier alpha value is -4.68. The third kappa shape index (κ3) is 5.26. The molecule has 1 aliphatic heterocycles.